The van der Waals surface area contributed by atoms with Gasteiger partial charge in [-0.2, -0.15) is 0 Å². The summed E-state index contributed by atoms with van der Waals surface area (Å²) in [5, 5.41) is 0. The van der Waals surface area contributed by atoms with Crippen LogP contribution in [0.15, 0.2) is 0 Å². The van der Waals surface area contributed by atoms with E-state index >= 15 is 0 Å². The Morgan fingerprint density at radius 3 is 0.857 bits per heavy atom. The van der Waals surface area contributed by atoms with Gasteiger partial charge in [0.25, 0.3) is 0 Å². The summed E-state index contributed by atoms with van der Waals surface area (Å²) in [6.07, 6.45) is 0. The Morgan fingerprint density at radius 1 is 0.857 bits per heavy atom. The molecule has 0 aliphatic rings. The first-order valence-corrected chi connectivity index (χ1v) is 3.37. The van der Waals surface area contributed by atoms with Crippen molar-refractivity contribution >= 4 is 26.2 Å². The molecule has 7 heteroatoms. The maximum atomic E-state index is 8.62. The monoisotopic (exact) mass is 328 g/mol. The second-order valence-electron chi connectivity index (χ2n) is 0.500. The molecule has 0 aromatic rings. The van der Waals surface area contributed by atoms with Gasteiger partial charge in [0, 0.05) is 0 Å². The molecular formula is BiLiO4Ti. The molecule has 0 N–H and O–H groups in total. The van der Waals surface area contributed by atoms with E-state index in [4.69, 9.17) is 14.8 Å². The van der Waals surface area contributed by atoms with Crippen LogP contribution >= 0.6 is 0 Å². The van der Waals surface area contributed by atoms with Crippen molar-refractivity contribution < 1.29 is 51.8 Å². The molecular weight excluding hydrogens is 328 g/mol. The first kappa shape index (κ1) is 16.0. The summed E-state index contributed by atoms with van der Waals surface area (Å²) in [4.78, 5) is 0. The van der Waals surface area contributed by atoms with Crippen LogP contribution in [0.3, 0.4) is 0 Å². The molecule has 0 unspecified atom stereocenters. The van der Waals surface area contributed by atoms with Crippen molar-refractivity contribution in [2.24, 2.45) is 0 Å². The normalized spacial score (nSPS) is 8.57. The van der Waals surface area contributed by atoms with Gasteiger partial charge in [0.15, 0.2) is 0 Å². The number of hydrogen-bond acceptors (Lipinski definition) is 4. The van der Waals surface area contributed by atoms with Gasteiger partial charge in [0.05, 0.1) is 0 Å². The van der Waals surface area contributed by atoms with Gasteiger partial charge in [0.2, 0.25) is 0 Å². The molecule has 4 nitrogen and oxygen atoms in total. The Balaban J connectivity index is -0.0000000800. The molecule has 0 saturated heterocycles. The zero-order valence-corrected chi connectivity index (χ0v) is 8.62. The van der Waals surface area contributed by atoms with Crippen molar-refractivity contribution in [2.75, 3.05) is 0 Å². The van der Waals surface area contributed by atoms with Gasteiger partial charge in [-0.15, -0.1) is 0 Å². The maximum absolute atomic E-state index is 8.62. The zero-order valence-electron chi connectivity index (χ0n) is 3.58. The van der Waals surface area contributed by atoms with Crippen molar-refractivity contribution in [2.45, 2.75) is 0 Å². The molecule has 0 saturated carbocycles. The standard InChI is InChI=1S/Bi.Li.4O.Ti/q+3;+1;4*-1;. The van der Waals surface area contributed by atoms with Gasteiger partial charge in [0.1, 0.15) is 0 Å². The fraction of sp³-hybridized carbons (Fsp3) is 0. The molecule has 0 bridgehead atoms. The summed E-state index contributed by atoms with van der Waals surface area (Å²) in [6, 6.07) is 0. The van der Waals surface area contributed by atoms with Crippen LogP contribution in [0.25, 0.3) is 0 Å². The molecule has 0 heterocycles. The second-order valence-corrected chi connectivity index (χ2v) is 2.06. The quantitative estimate of drug-likeness (QED) is 0.413. The molecule has 0 amide bonds. The van der Waals surface area contributed by atoms with Gasteiger partial charge >= 0.3 is 78.0 Å². The zero-order chi connectivity index (χ0) is 4.50. The van der Waals surface area contributed by atoms with Gasteiger partial charge in [-0.05, 0) is 0 Å². The molecule has 0 aliphatic carbocycles. The summed E-state index contributed by atoms with van der Waals surface area (Å²) >= 11 is -6.00. The summed E-state index contributed by atoms with van der Waals surface area (Å²) in [5.41, 5.74) is 0. The number of rotatable bonds is 0. The Kier molecular flexibility index (Phi) is 14.1. The first-order valence-electron chi connectivity index (χ1n) is 0.816. The Bertz CT molecular complexity index is 27.2. The predicted molar refractivity (Wildman–Crippen MR) is 5.75 cm³/mol. The predicted octanol–water partition coefficient (Wildman–Crippen LogP) is -8.14. The average Bonchev–Trinajstić information content (AvgIpc) is 0.722. The minimum atomic E-state index is -6.00. The summed E-state index contributed by atoms with van der Waals surface area (Å²) in [5.74, 6) is 0. The molecule has 0 aromatic carbocycles. The van der Waals surface area contributed by atoms with E-state index in [-0.39, 0.29) is 45.1 Å². The Hall–Kier alpha value is 2.03. The van der Waals surface area contributed by atoms with Crippen molar-refractivity contribution in [3.05, 3.63) is 0 Å². The molecule has 0 aromatic heterocycles. The van der Waals surface area contributed by atoms with E-state index in [0.29, 0.717) is 0 Å². The van der Waals surface area contributed by atoms with Gasteiger partial charge in [-0.25, -0.2) is 0 Å². The molecule has 34 valence electrons. The molecule has 0 aliphatic heterocycles. The van der Waals surface area contributed by atoms with E-state index in [0.717, 1.165) is 0 Å². The van der Waals surface area contributed by atoms with Crippen LogP contribution in [0, 0.1) is 0 Å². The molecule has 7 heavy (non-hydrogen) atoms. The first-order chi connectivity index (χ1) is 2.00. The van der Waals surface area contributed by atoms with Crippen molar-refractivity contribution in [1.29, 1.82) is 0 Å². The topological polar surface area (TPSA) is 92.2 Å². The average molecular weight is 328 g/mol. The molecule has 0 spiro atoms. The number of hydrogen-bond donors (Lipinski definition) is 0. The van der Waals surface area contributed by atoms with Crippen LogP contribution in [0.5, 0.6) is 0 Å². The van der Waals surface area contributed by atoms with Crippen molar-refractivity contribution in [3.63, 3.8) is 0 Å². The molecule has 0 rings (SSSR count). The van der Waals surface area contributed by atoms with E-state index in [9.17, 15) is 0 Å². The van der Waals surface area contributed by atoms with Crippen LogP contribution in [0.4, 0.5) is 0 Å². The van der Waals surface area contributed by atoms with Crippen LogP contribution in [0.2, 0.25) is 0 Å². The molecule has 2 radical (unpaired) electrons. The summed E-state index contributed by atoms with van der Waals surface area (Å²) in [7, 11) is 0. The minimum absolute atomic E-state index is 0. The third kappa shape index (κ3) is 70.7. The molecule has 0 fully saturated rings. The summed E-state index contributed by atoms with van der Waals surface area (Å²) < 4.78 is 34.5. The Morgan fingerprint density at radius 2 is 0.857 bits per heavy atom. The third-order valence-electron chi connectivity index (χ3n) is 0. The van der Waals surface area contributed by atoms with Crippen molar-refractivity contribution in [1.82, 2.24) is 0 Å². The molecule has 0 atom stereocenters. The van der Waals surface area contributed by atoms with Gasteiger partial charge < -0.3 is 0 Å². The third-order valence-corrected chi connectivity index (χ3v) is 0. The van der Waals surface area contributed by atoms with Crippen LogP contribution in [-0.2, 0) is 18.1 Å². The van der Waals surface area contributed by atoms with Crippen LogP contribution in [0.1, 0.15) is 0 Å². The van der Waals surface area contributed by atoms with E-state index in [2.05, 4.69) is 0 Å². The van der Waals surface area contributed by atoms with Crippen molar-refractivity contribution in [3.8, 4) is 0 Å². The van der Waals surface area contributed by atoms with Gasteiger partial charge in [-0.3, -0.25) is 0 Å². The fourth-order valence-electron chi connectivity index (χ4n) is 0. The van der Waals surface area contributed by atoms with Crippen LogP contribution in [-0.4, -0.2) is 26.2 Å². The van der Waals surface area contributed by atoms with E-state index < -0.39 is 18.1 Å². The fourth-order valence-corrected chi connectivity index (χ4v) is 0. The van der Waals surface area contributed by atoms with Crippen LogP contribution < -0.4 is 33.6 Å². The second kappa shape index (κ2) is 6.16. The Labute approximate surface area is 77.1 Å². The van der Waals surface area contributed by atoms with Gasteiger partial charge in [-0.1, -0.05) is 0 Å². The van der Waals surface area contributed by atoms with E-state index in [1.807, 2.05) is 0 Å². The van der Waals surface area contributed by atoms with E-state index in [1.165, 1.54) is 0 Å². The SMILES string of the molecule is [Bi+3].[Li+].[O-][Ti]([O-])([O-])[O-]. The van der Waals surface area contributed by atoms with E-state index in [1.54, 1.807) is 0 Å². The summed E-state index contributed by atoms with van der Waals surface area (Å²) in [6.45, 7) is 0.